The number of nitrogens with two attached hydrogens (primary N) is 1. The van der Waals surface area contributed by atoms with Crippen LogP contribution in [0.15, 0.2) is 18.3 Å². The molecule has 0 aliphatic carbocycles. The molecule has 22 heavy (non-hydrogen) atoms. The number of fused-ring (bicyclic) bond motifs is 1. The number of amides is 1. The molecule has 1 aromatic rings. The van der Waals surface area contributed by atoms with Gasteiger partial charge in [0.1, 0.15) is 11.9 Å². The minimum atomic E-state index is -0.674. The summed E-state index contributed by atoms with van der Waals surface area (Å²) in [5.41, 5.74) is 6.82. The number of pyridine rings is 1. The van der Waals surface area contributed by atoms with Gasteiger partial charge in [0.15, 0.2) is 0 Å². The maximum absolute atomic E-state index is 12.6. The van der Waals surface area contributed by atoms with E-state index in [-0.39, 0.29) is 30.8 Å². The third kappa shape index (κ3) is 3.39. The van der Waals surface area contributed by atoms with E-state index >= 15 is 0 Å². The Kier molecular flexibility index (Phi) is 6.32. The summed E-state index contributed by atoms with van der Waals surface area (Å²) in [5, 5.41) is 0. The van der Waals surface area contributed by atoms with Crippen molar-refractivity contribution in [2.24, 2.45) is 11.7 Å². The highest BCUT2D eigenvalue weighted by Gasteiger charge is 2.42. The van der Waals surface area contributed by atoms with Crippen LogP contribution in [0.4, 0.5) is 5.82 Å². The van der Waals surface area contributed by atoms with Gasteiger partial charge in [0.2, 0.25) is 5.91 Å². The quantitative estimate of drug-likeness (QED) is 0.843. The fourth-order valence-corrected chi connectivity index (χ4v) is 2.38. The Morgan fingerprint density at radius 3 is 2.77 bits per heavy atom. The first-order chi connectivity index (χ1) is 9.97. The number of nitrogens with zero attached hydrogens (tertiary/aromatic N) is 2. The fourth-order valence-electron chi connectivity index (χ4n) is 2.38. The molecule has 1 aliphatic heterocycles. The molecule has 6 nitrogen and oxygen atoms in total. The van der Waals surface area contributed by atoms with Crippen LogP contribution >= 0.6 is 12.4 Å². The Labute approximate surface area is 136 Å². The SMILES string of the molecule is CCOC(=O)[C@@H]1Cc2cccnc2N1C(=O)[C@@H](N)C(C)C.Cl. The molecule has 122 valence electrons. The molecule has 0 saturated carbocycles. The summed E-state index contributed by atoms with van der Waals surface area (Å²) in [6.45, 7) is 5.76. The van der Waals surface area contributed by atoms with Crippen molar-refractivity contribution in [3.63, 3.8) is 0 Å². The second-order valence-corrected chi connectivity index (χ2v) is 5.44. The van der Waals surface area contributed by atoms with Crippen molar-refractivity contribution >= 4 is 30.1 Å². The van der Waals surface area contributed by atoms with Crippen molar-refractivity contribution < 1.29 is 14.3 Å². The highest BCUT2D eigenvalue weighted by molar-refractivity contribution is 6.03. The van der Waals surface area contributed by atoms with Crippen LogP contribution < -0.4 is 10.6 Å². The Morgan fingerprint density at radius 2 is 2.18 bits per heavy atom. The van der Waals surface area contributed by atoms with Crippen molar-refractivity contribution in [3.05, 3.63) is 23.9 Å². The molecule has 2 rings (SSSR count). The number of rotatable bonds is 4. The van der Waals surface area contributed by atoms with E-state index in [2.05, 4.69) is 4.98 Å². The normalized spacial score (nSPS) is 17.7. The van der Waals surface area contributed by atoms with Gasteiger partial charge >= 0.3 is 5.97 Å². The lowest BCUT2D eigenvalue weighted by molar-refractivity contribution is -0.145. The van der Waals surface area contributed by atoms with E-state index in [9.17, 15) is 9.59 Å². The number of carbonyl (C=O) groups excluding carboxylic acids is 2. The van der Waals surface area contributed by atoms with E-state index in [4.69, 9.17) is 10.5 Å². The fraction of sp³-hybridized carbons (Fsp3) is 0.533. The topological polar surface area (TPSA) is 85.5 Å². The molecule has 0 saturated heterocycles. The average molecular weight is 328 g/mol. The van der Waals surface area contributed by atoms with Gasteiger partial charge in [0.05, 0.1) is 12.6 Å². The predicted octanol–water partition coefficient (Wildman–Crippen LogP) is 1.31. The second kappa shape index (κ2) is 7.56. The molecule has 2 heterocycles. The molecule has 2 atom stereocenters. The molecule has 2 N–H and O–H groups in total. The Bertz CT molecular complexity index is 551. The lowest BCUT2D eigenvalue weighted by Gasteiger charge is -2.27. The van der Waals surface area contributed by atoms with Crippen molar-refractivity contribution in [1.29, 1.82) is 0 Å². The maximum atomic E-state index is 12.6. The Morgan fingerprint density at radius 1 is 1.50 bits per heavy atom. The molecule has 0 bridgehead atoms. The first-order valence-corrected chi connectivity index (χ1v) is 7.16. The van der Waals surface area contributed by atoms with E-state index in [1.54, 1.807) is 19.2 Å². The zero-order valence-corrected chi connectivity index (χ0v) is 13.8. The third-order valence-corrected chi connectivity index (χ3v) is 3.62. The van der Waals surface area contributed by atoms with Crippen LogP contribution in [0.1, 0.15) is 26.3 Å². The number of carbonyl (C=O) groups is 2. The summed E-state index contributed by atoms with van der Waals surface area (Å²) in [6, 6.07) is 2.31. The molecule has 0 spiro atoms. The van der Waals surface area contributed by atoms with E-state index < -0.39 is 18.1 Å². The number of hydrogen-bond donors (Lipinski definition) is 1. The summed E-state index contributed by atoms with van der Waals surface area (Å²) in [6.07, 6.45) is 2.02. The molecule has 0 radical (unpaired) electrons. The number of ether oxygens (including phenoxy) is 1. The van der Waals surface area contributed by atoms with Crippen LogP contribution in [-0.4, -0.2) is 35.6 Å². The van der Waals surface area contributed by atoms with Gasteiger partial charge in [-0.3, -0.25) is 9.69 Å². The van der Waals surface area contributed by atoms with Gasteiger partial charge in [-0.15, -0.1) is 12.4 Å². The number of anilines is 1. The monoisotopic (exact) mass is 327 g/mol. The second-order valence-electron chi connectivity index (χ2n) is 5.44. The Hall–Kier alpha value is -1.66. The molecule has 0 aromatic carbocycles. The van der Waals surface area contributed by atoms with Gasteiger partial charge < -0.3 is 10.5 Å². The van der Waals surface area contributed by atoms with Crippen molar-refractivity contribution in [1.82, 2.24) is 4.98 Å². The molecular weight excluding hydrogens is 306 g/mol. The van der Waals surface area contributed by atoms with E-state index in [0.29, 0.717) is 12.2 Å². The highest BCUT2D eigenvalue weighted by Crippen LogP contribution is 2.31. The number of halogens is 1. The zero-order chi connectivity index (χ0) is 15.6. The lowest BCUT2D eigenvalue weighted by atomic mass is 10.0. The van der Waals surface area contributed by atoms with Crippen LogP contribution in [0.5, 0.6) is 0 Å². The van der Waals surface area contributed by atoms with Crippen LogP contribution in [0.3, 0.4) is 0 Å². The van der Waals surface area contributed by atoms with Gasteiger partial charge in [0, 0.05) is 12.6 Å². The van der Waals surface area contributed by atoms with Crippen molar-refractivity contribution in [3.8, 4) is 0 Å². The van der Waals surface area contributed by atoms with Gasteiger partial charge in [-0.05, 0) is 24.5 Å². The average Bonchev–Trinajstić information content (AvgIpc) is 2.85. The van der Waals surface area contributed by atoms with Gasteiger partial charge in [0.25, 0.3) is 0 Å². The minimum Gasteiger partial charge on any atom is -0.464 e. The van der Waals surface area contributed by atoms with Gasteiger partial charge in [-0.2, -0.15) is 0 Å². The van der Waals surface area contributed by atoms with Gasteiger partial charge in [-0.1, -0.05) is 19.9 Å². The minimum absolute atomic E-state index is 0. The van der Waals surface area contributed by atoms with Crippen molar-refractivity contribution in [2.45, 2.75) is 39.3 Å². The lowest BCUT2D eigenvalue weighted by Crippen LogP contribution is -2.52. The summed E-state index contributed by atoms with van der Waals surface area (Å²) in [7, 11) is 0. The standard InChI is InChI=1S/C15H21N3O3.ClH/c1-4-21-15(20)11-8-10-6-5-7-17-13(10)18(11)14(19)12(16)9(2)3;/h5-7,9,11-12H,4,8,16H2,1-3H3;1H/t11-,12-;/m0./s1. The van der Waals surface area contributed by atoms with E-state index in [1.165, 1.54) is 4.90 Å². The summed E-state index contributed by atoms with van der Waals surface area (Å²) in [4.78, 5) is 30.4. The molecule has 0 fully saturated rings. The molecular formula is C15H22ClN3O3. The first-order valence-electron chi connectivity index (χ1n) is 7.16. The maximum Gasteiger partial charge on any atom is 0.329 e. The number of aromatic nitrogens is 1. The molecule has 1 amide bonds. The van der Waals surface area contributed by atoms with E-state index in [0.717, 1.165) is 5.56 Å². The summed E-state index contributed by atoms with van der Waals surface area (Å²) < 4.78 is 5.08. The van der Waals surface area contributed by atoms with Crippen LogP contribution in [0.25, 0.3) is 0 Å². The van der Waals surface area contributed by atoms with Crippen molar-refractivity contribution in [2.75, 3.05) is 11.5 Å². The summed E-state index contributed by atoms with van der Waals surface area (Å²) in [5.74, 6) is -0.218. The molecule has 1 aromatic heterocycles. The largest absolute Gasteiger partial charge is 0.464 e. The van der Waals surface area contributed by atoms with Gasteiger partial charge in [-0.25, -0.2) is 9.78 Å². The Balaban J connectivity index is 0.00000242. The number of esters is 1. The molecule has 1 aliphatic rings. The third-order valence-electron chi connectivity index (χ3n) is 3.62. The van der Waals surface area contributed by atoms with Crippen LogP contribution in [0.2, 0.25) is 0 Å². The predicted molar refractivity (Wildman–Crippen MR) is 85.9 cm³/mol. The number of hydrogen-bond acceptors (Lipinski definition) is 5. The van der Waals surface area contributed by atoms with Crippen LogP contribution in [0, 0.1) is 5.92 Å². The zero-order valence-electron chi connectivity index (χ0n) is 13.0. The first kappa shape index (κ1) is 18.4. The molecule has 7 heteroatoms. The smallest absolute Gasteiger partial charge is 0.329 e. The van der Waals surface area contributed by atoms with Crippen LogP contribution in [-0.2, 0) is 20.7 Å². The summed E-state index contributed by atoms with van der Waals surface area (Å²) >= 11 is 0. The highest BCUT2D eigenvalue weighted by atomic mass is 35.5. The molecule has 0 unspecified atom stereocenters. The van der Waals surface area contributed by atoms with E-state index in [1.807, 2.05) is 19.9 Å².